The van der Waals surface area contributed by atoms with Crippen LogP contribution in [0.4, 0.5) is 22.1 Å². The highest BCUT2D eigenvalue weighted by Gasteiger charge is 2.25. The van der Waals surface area contributed by atoms with Crippen LogP contribution in [-0.2, 0) is 11.2 Å². The lowest BCUT2D eigenvalue weighted by Crippen LogP contribution is -2.39. The van der Waals surface area contributed by atoms with Gasteiger partial charge < -0.3 is 10.1 Å². The summed E-state index contributed by atoms with van der Waals surface area (Å²) < 4.78 is 5.24. The molecule has 0 aliphatic carbocycles. The maximum Gasteiger partial charge on any atom is 0.328 e. The molecule has 0 fully saturated rings. The van der Waals surface area contributed by atoms with Gasteiger partial charge in [-0.25, -0.2) is 14.8 Å². The van der Waals surface area contributed by atoms with Crippen LogP contribution in [0.5, 0.6) is 0 Å². The number of methoxy groups -OCH3 is 1. The van der Waals surface area contributed by atoms with Crippen molar-refractivity contribution in [3.8, 4) is 11.8 Å². The van der Waals surface area contributed by atoms with Crippen LogP contribution in [0.15, 0.2) is 48.9 Å². The second-order valence-electron chi connectivity index (χ2n) is 8.13. The Labute approximate surface area is 204 Å². The Morgan fingerprint density at radius 3 is 2.94 bits per heavy atom. The molecular weight excluding hydrogens is 444 g/mol. The number of aldehydes is 1. The van der Waals surface area contributed by atoms with E-state index in [9.17, 15) is 9.59 Å². The van der Waals surface area contributed by atoms with Gasteiger partial charge in [0.25, 0.3) is 0 Å². The Hall–Kier alpha value is -4.29. The molecule has 1 aliphatic heterocycles. The van der Waals surface area contributed by atoms with E-state index in [4.69, 9.17) is 4.74 Å². The first kappa shape index (κ1) is 23.9. The average molecular weight is 471 g/mol. The number of nitrogens with one attached hydrogen (secondary N) is 2. The fraction of sp³-hybridized carbons (Fsp3) is 0.269. The van der Waals surface area contributed by atoms with Crippen molar-refractivity contribution in [2.24, 2.45) is 0 Å². The number of rotatable bonds is 6. The molecule has 0 bridgehead atoms. The molecule has 35 heavy (non-hydrogen) atoms. The van der Waals surface area contributed by atoms with Crippen LogP contribution in [0.25, 0.3) is 0 Å². The maximum absolute atomic E-state index is 13.1. The summed E-state index contributed by atoms with van der Waals surface area (Å²) in [5.41, 5.74) is 3.40. The molecule has 9 nitrogen and oxygen atoms in total. The van der Waals surface area contributed by atoms with Crippen molar-refractivity contribution in [1.82, 2.24) is 15.0 Å². The molecule has 4 heterocycles. The van der Waals surface area contributed by atoms with Gasteiger partial charge in [0, 0.05) is 49.9 Å². The Morgan fingerprint density at radius 2 is 2.17 bits per heavy atom. The number of urea groups is 1. The summed E-state index contributed by atoms with van der Waals surface area (Å²) in [6.45, 7) is 2.98. The number of aryl methyl sites for hydroxylation is 1. The number of hydrogen-bond donors (Lipinski definition) is 2. The summed E-state index contributed by atoms with van der Waals surface area (Å²) in [4.78, 5) is 38.7. The molecule has 0 aromatic carbocycles. The SMILES string of the molecule is COC[C@@H](C)Nc1cc(NC(=O)N2CCCc3ccc(C=O)nc32)ncc1C#Cc1cccnc1. The zero-order chi connectivity index (χ0) is 24.6. The number of carbonyl (C=O) groups is 2. The van der Waals surface area contributed by atoms with Crippen molar-refractivity contribution >= 4 is 29.6 Å². The first-order chi connectivity index (χ1) is 17.1. The molecule has 3 aromatic heterocycles. The van der Waals surface area contributed by atoms with Gasteiger partial charge in [-0.05, 0) is 43.5 Å². The van der Waals surface area contributed by atoms with Gasteiger partial charge in [0.15, 0.2) is 6.29 Å². The van der Waals surface area contributed by atoms with Crippen LogP contribution in [-0.4, -0.2) is 53.6 Å². The smallest absolute Gasteiger partial charge is 0.328 e. The first-order valence-electron chi connectivity index (χ1n) is 11.3. The quantitative estimate of drug-likeness (QED) is 0.419. The van der Waals surface area contributed by atoms with E-state index in [1.54, 1.807) is 42.7 Å². The van der Waals surface area contributed by atoms with Gasteiger partial charge in [-0.1, -0.05) is 17.9 Å². The van der Waals surface area contributed by atoms with E-state index in [1.165, 1.54) is 0 Å². The molecule has 0 saturated carbocycles. The third-order valence-electron chi connectivity index (χ3n) is 5.39. The van der Waals surface area contributed by atoms with Crippen LogP contribution in [0.3, 0.4) is 0 Å². The Bertz CT molecular complexity index is 1270. The van der Waals surface area contributed by atoms with Gasteiger partial charge >= 0.3 is 6.03 Å². The van der Waals surface area contributed by atoms with Crippen LogP contribution >= 0.6 is 0 Å². The predicted octanol–water partition coefficient (Wildman–Crippen LogP) is 3.52. The molecule has 2 amide bonds. The van der Waals surface area contributed by atoms with Crippen molar-refractivity contribution in [3.63, 3.8) is 0 Å². The number of pyridine rings is 3. The van der Waals surface area contributed by atoms with E-state index < -0.39 is 0 Å². The van der Waals surface area contributed by atoms with Crippen molar-refractivity contribution in [2.75, 3.05) is 35.8 Å². The first-order valence-corrected chi connectivity index (χ1v) is 11.3. The minimum atomic E-state index is -0.362. The Morgan fingerprint density at radius 1 is 1.29 bits per heavy atom. The molecular formula is C26H26N6O3. The standard InChI is InChI=1S/C26H26N6O3/c1-18(17-35-2)29-23-13-24(28-15-21(23)8-7-19-5-3-11-27-14-19)31-26(34)32-12-4-6-20-9-10-22(16-33)30-25(20)32/h3,5,9-11,13-16,18H,4,6,12,17H2,1-2H3,(H2,28,29,31,34)/t18-/m1/s1. The number of amides is 2. The fourth-order valence-corrected chi connectivity index (χ4v) is 3.77. The molecule has 9 heteroatoms. The van der Waals surface area contributed by atoms with E-state index in [1.807, 2.05) is 25.1 Å². The summed E-state index contributed by atoms with van der Waals surface area (Å²) in [6, 6.07) is 8.61. The van der Waals surface area contributed by atoms with Crippen molar-refractivity contribution in [2.45, 2.75) is 25.8 Å². The molecule has 3 aromatic rings. The zero-order valence-corrected chi connectivity index (χ0v) is 19.6. The summed E-state index contributed by atoms with van der Waals surface area (Å²) in [5, 5.41) is 6.23. The lowest BCUT2D eigenvalue weighted by Gasteiger charge is -2.28. The highest BCUT2D eigenvalue weighted by atomic mass is 16.5. The van der Waals surface area contributed by atoms with Crippen LogP contribution in [0.2, 0.25) is 0 Å². The van der Waals surface area contributed by atoms with Crippen molar-refractivity contribution < 1.29 is 14.3 Å². The fourth-order valence-electron chi connectivity index (χ4n) is 3.77. The number of ether oxygens (including phenoxy) is 1. The minimum Gasteiger partial charge on any atom is -0.383 e. The van der Waals surface area contributed by atoms with Gasteiger partial charge in [0.2, 0.25) is 0 Å². The van der Waals surface area contributed by atoms with Crippen LogP contribution in [0.1, 0.15) is 40.5 Å². The predicted molar refractivity (Wildman–Crippen MR) is 134 cm³/mol. The molecule has 4 rings (SSSR count). The van der Waals surface area contributed by atoms with E-state index in [0.29, 0.717) is 36.6 Å². The van der Waals surface area contributed by atoms with E-state index in [-0.39, 0.29) is 17.8 Å². The lowest BCUT2D eigenvalue weighted by molar-refractivity contribution is 0.111. The number of aromatic nitrogens is 3. The highest BCUT2D eigenvalue weighted by Crippen LogP contribution is 2.26. The Kier molecular flexibility index (Phi) is 7.65. The van der Waals surface area contributed by atoms with Gasteiger partial charge in [-0.2, -0.15) is 0 Å². The molecule has 1 aliphatic rings. The number of nitrogens with zero attached hydrogens (tertiary/aromatic N) is 4. The van der Waals surface area contributed by atoms with Crippen molar-refractivity contribution in [3.05, 3.63) is 71.3 Å². The third-order valence-corrected chi connectivity index (χ3v) is 5.39. The average Bonchev–Trinajstić information content (AvgIpc) is 2.88. The number of fused-ring (bicyclic) bond motifs is 1. The normalized spacial score (nSPS) is 13.1. The van der Waals surface area contributed by atoms with Gasteiger partial charge in [0.05, 0.1) is 17.9 Å². The lowest BCUT2D eigenvalue weighted by atomic mass is 10.1. The van der Waals surface area contributed by atoms with Crippen LogP contribution in [0, 0.1) is 11.8 Å². The monoisotopic (exact) mass is 470 g/mol. The zero-order valence-electron chi connectivity index (χ0n) is 19.6. The molecule has 0 unspecified atom stereocenters. The maximum atomic E-state index is 13.1. The third kappa shape index (κ3) is 5.99. The molecule has 0 saturated heterocycles. The summed E-state index contributed by atoms with van der Waals surface area (Å²) in [6.07, 6.45) is 7.29. The summed E-state index contributed by atoms with van der Waals surface area (Å²) >= 11 is 0. The number of anilines is 3. The van der Waals surface area contributed by atoms with Crippen molar-refractivity contribution in [1.29, 1.82) is 0 Å². The summed E-state index contributed by atoms with van der Waals surface area (Å²) in [7, 11) is 1.64. The van der Waals surface area contributed by atoms with Gasteiger partial charge in [0.1, 0.15) is 17.3 Å². The number of hydrogen-bond acceptors (Lipinski definition) is 7. The van der Waals surface area contributed by atoms with E-state index in [2.05, 4.69) is 37.4 Å². The topological polar surface area (TPSA) is 109 Å². The second-order valence-corrected chi connectivity index (χ2v) is 8.13. The molecule has 2 N–H and O–H groups in total. The largest absolute Gasteiger partial charge is 0.383 e. The van der Waals surface area contributed by atoms with E-state index >= 15 is 0 Å². The molecule has 178 valence electrons. The highest BCUT2D eigenvalue weighted by molar-refractivity contribution is 6.01. The van der Waals surface area contributed by atoms with Crippen LogP contribution < -0.4 is 15.5 Å². The van der Waals surface area contributed by atoms with Gasteiger partial charge in [-0.15, -0.1) is 0 Å². The van der Waals surface area contributed by atoms with E-state index in [0.717, 1.165) is 29.7 Å². The Balaban J connectivity index is 1.59. The molecule has 1 atom stereocenters. The second kappa shape index (κ2) is 11.2. The minimum absolute atomic E-state index is 0.00447. The molecule has 0 radical (unpaired) electrons. The summed E-state index contributed by atoms with van der Waals surface area (Å²) in [5.74, 6) is 7.08. The molecule has 0 spiro atoms. The van der Waals surface area contributed by atoms with Gasteiger partial charge in [-0.3, -0.25) is 20.0 Å². The number of carbonyl (C=O) groups excluding carboxylic acids is 2.